The van der Waals surface area contributed by atoms with E-state index in [9.17, 15) is 9.90 Å². The Kier molecular flexibility index (Phi) is 4.42. The minimum atomic E-state index is -0.532. The Labute approximate surface area is 144 Å². The van der Waals surface area contributed by atoms with Gasteiger partial charge in [0, 0.05) is 36.7 Å². The number of nitrogens with zero attached hydrogens (tertiary/aromatic N) is 1. The lowest BCUT2D eigenvalue weighted by Gasteiger charge is -2.43. The minimum absolute atomic E-state index is 0.140. The number of esters is 1. The van der Waals surface area contributed by atoms with Gasteiger partial charge in [-0.25, -0.2) is 0 Å². The van der Waals surface area contributed by atoms with E-state index in [2.05, 4.69) is 23.6 Å². The molecule has 1 N–H and O–H groups in total. The van der Waals surface area contributed by atoms with Crippen molar-refractivity contribution in [1.82, 2.24) is 4.57 Å². The van der Waals surface area contributed by atoms with Gasteiger partial charge in [-0.3, -0.25) is 4.79 Å². The Morgan fingerprint density at radius 3 is 2.67 bits per heavy atom. The van der Waals surface area contributed by atoms with Gasteiger partial charge in [0.15, 0.2) is 0 Å². The Morgan fingerprint density at radius 2 is 2.00 bits per heavy atom. The average molecular weight is 331 g/mol. The number of rotatable bonds is 4. The van der Waals surface area contributed by atoms with Crippen molar-refractivity contribution in [3.05, 3.63) is 23.5 Å². The lowest BCUT2D eigenvalue weighted by atomic mass is 9.64. The first-order chi connectivity index (χ1) is 11.6. The van der Waals surface area contributed by atoms with Crippen molar-refractivity contribution < 1.29 is 14.6 Å². The lowest BCUT2D eigenvalue weighted by Crippen LogP contribution is -2.34. The van der Waals surface area contributed by atoms with Gasteiger partial charge in [0.2, 0.25) is 0 Å². The first kappa shape index (κ1) is 16.2. The molecule has 1 unspecified atom stereocenters. The van der Waals surface area contributed by atoms with Crippen molar-refractivity contribution >= 4 is 5.97 Å². The fourth-order valence-corrected chi connectivity index (χ4v) is 5.27. The van der Waals surface area contributed by atoms with Crippen molar-refractivity contribution in [3.63, 3.8) is 0 Å². The molecule has 2 heterocycles. The number of hydrogen-bond donors (Lipinski definition) is 1. The SMILES string of the molecule is Cc1ccc(C2CC3CCC2CC3)n1CC[C@@H]1C[C@@H](O)CC(=O)O1. The highest BCUT2D eigenvalue weighted by molar-refractivity contribution is 5.70. The monoisotopic (exact) mass is 331 g/mol. The van der Waals surface area contributed by atoms with E-state index in [1.165, 1.54) is 43.5 Å². The molecule has 3 atom stereocenters. The summed E-state index contributed by atoms with van der Waals surface area (Å²) in [6, 6.07) is 4.56. The van der Waals surface area contributed by atoms with Crippen LogP contribution in [0.5, 0.6) is 0 Å². The van der Waals surface area contributed by atoms with Crippen LogP contribution in [-0.2, 0) is 16.1 Å². The van der Waals surface area contributed by atoms with Gasteiger partial charge < -0.3 is 14.4 Å². The van der Waals surface area contributed by atoms with Crippen LogP contribution < -0.4 is 0 Å². The summed E-state index contributed by atoms with van der Waals surface area (Å²) in [6.07, 6.45) is 7.85. The van der Waals surface area contributed by atoms with Crippen LogP contribution in [0.2, 0.25) is 0 Å². The van der Waals surface area contributed by atoms with E-state index in [-0.39, 0.29) is 18.5 Å². The van der Waals surface area contributed by atoms with Crippen LogP contribution >= 0.6 is 0 Å². The molecule has 0 radical (unpaired) electrons. The zero-order chi connectivity index (χ0) is 16.7. The van der Waals surface area contributed by atoms with E-state index < -0.39 is 6.10 Å². The number of hydrogen-bond acceptors (Lipinski definition) is 3. The maximum absolute atomic E-state index is 11.5. The topological polar surface area (TPSA) is 51.5 Å². The van der Waals surface area contributed by atoms with Crippen molar-refractivity contribution in [3.8, 4) is 0 Å². The maximum Gasteiger partial charge on any atom is 0.308 e. The van der Waals surface area contributed by atoms with Gasteiger partial charge >= 0.3 is 5.97 Å². The number of aromatic nitrogens is 1. The number of aliphatic hydroxyl groups excluding tert-OH is 1. The standard InChI is InChI=1S/C20H29NO3/c1-13-2-7-19(18-10-14-3-5-15(18)6-4-14)21(13)9-8-17-11-16(22)12-20(23)24-17/h2,7,14-18,22H,3-6,8-12H2,1H3/t14?,15?,16-,17-,18?/m1/s1. The Balaban J connectivity index is 1.46. The number of ether oxygens (including phenoxy) is 1. The second kappa shape index (κ2) is 6.55. The molecule has 1 saturated heterocycles. The van der Waals surface area contributed by atoms with Crippen molar-refractivity contribution in [2.75, 3.05) is 0 Å². The first-order valence-corrected chi connectivity index (χ1v) is 9.63. The number of carbonyl (C=O) groups is 1. The third-order valence-corrected chi connectivity index (χ3v) is 6.57. The average Bonchev–Trinajstić information content (AvgIpc) is 2.94. The zero-order valence-electron chi connectivity index (χ0n) is 14.6. The van der Waals surface area contributed by atoms with Crippen LogP contribution in [0.15, 0.2) is 12.1 Å². The molecule has 4 fully saturated rings. The molecule has 24 heavy (non-hydrogen) atoms. The van der Waals surface area contributed by atoms with Crippen LogP contribution in [0, 0.1) is 18.8 Å². The van der Waals surface area contributed by atoms with Gasteiger partial charge in [-0.2, -0.15) is 0 Å². The highest BCUT2D eigenvalue weighted by Gasteiger charge is 2.37. The predicted molar refractivity (Wildman–Crippen MR) is 91.7 cm³/mol. The molecule has 0 spiro atoms. The van der Waals surface area contributed by atoms with E-state index in [0.29, 0.717) is 12.3 Å². The third kappa shape index (κ3) is 3.13. The molecule has 0 amide bonds. The first-order valence-electron chi connectivity index (χ1n) is 9.63. The van der Waals surface area contributed by atoms with Gasteiger partial charge in [-0.05, 0) is 50.2 Å². The molecule has 4 nitrogen and oxygen atoms in total. The fourth-order valence-electron chi connectivity index (χ4n) is 5.27. The minimum Gasteiger partial charge on any atom is -0.462 e. The predicted octanol–water partition coefficient (Wildman–Crippen LogP) is 3.55. The largest absolute Gasteiger partial charge is 0.462 e. The summed E-state index contributed by atoms with van der Waals surface area (Å²) in [5, 5.41) is 9.78. The van der Waals surface area contributed by atoms with Crippen LogP contribution in [0.25, 0.3) is 0 Å². The number of carbonyl (C=O) groups excluding carboxylic acids is 1. The summed E-state index contributed by atoms with van der Waals surface area (Å²) in [4.78, 5) is 11.5. The van der Waals surface area contributed by atoms with Crippen molar-refractivity contribution in [2.45, 2.75) is 83.0 Å². The maximum atomic E-state index is 11.5. The Hall–Kier alpha value is -1.29. The van der Waals surface area contributed by atoms with E-state index >= 15 is 0 Å². The number of fused-ring (bicyclic) bond motifs is 3. The van der Waals surface area contributed by atoms with E-state index in [1.54, 1.807) is 0 Å². The third-order valence-electron chi connectivity index (χ3n) is 6.57. The van der Waals surface area contributed by atoms with Gasteiger partial charge in [0.05, 0.1) is 12.5 Å². The molecule has 0 aromatic carbocycles. The normalized spacial score (nSPS) is 35.9. The second-order valence-corrected chi connectivity index (χ2v) is 8.17. The smallest absolute Gasteiger partial charge is 0.308 e. The molecule has 5 rings (SSSR count). The molecular weight excluding hydrogens is 302 g/mol. The summed E-state index contributed by atoms with van der Waals surface area (Å²) >= 11 is 0. The van der Waals surface area contributed by atoms with Crippen LogP contribution in [0.4, 0.5) is 0 Å². The zero-order valence-corrected chi connectivity index (χ0v) is 14.6. The van der Waals surface area contributed by atoms with Gasteiger partial charge in [0.25, 0.3) is 0 Å². The molecule has 132 valence electrons. The molecule has 1 aromatic rings. The molecule has 1 aliphatic heterocycles. The molecular formula is C20H29NO3. The van der Waals surface area contributed by atoms with Crippen molar-refractivity contribution in [2.24, 2.45) is 11.8 Å². The van der Waals surface area contributed by atoms with Crippen LogP contribution in [0.3, 0.4) is 0 Å². The highest BCUT2D eigenvalue weighted by atomic mass is 16.5. The molecule has 3 aliphatic carbocycles. The molecule has 1 aromatic heterocycles. The van der Waals surface area contributed by atoms with E-state index in [1.807, 2.05) is 0 Å². The van der Waals surface area contributed by atoms with Crippen molar-refractivity contribution in [1.29, 1.82) is 0 Å². The second-order valence-electron chi connectivity index (χ2n) is 8.17. The molecule has 2 bridgehead atoms. The van der Waals surface area contributed by atoms with E-state index in [0.717, 1.165) is 24.8 Å². The lowest BCUT2D eigenvalue weighted by molar-refractivity contribution is -0.160. The highest BCUT2D eigenvalue weighted by Crippen LogP contribution is 2.49. The number of aryl methyl sites for hydroxylation is 1. The van der Waals surface area contributed by atoms with Crippen LogP contribution in [-0.4, -0.2) is 27.9 Å². The summed E-state index contributed by atoms with van der Waals surface area (Å²) < 4.78 is 7.86. The molecule has 3 saturated carbocycles. The summed E-state index contributed by atoms with van der Waals surface area (Å²) in [5.41, 5.74) is 2.79. The van der Waals surface area contributed by atoms with Gasteiger partial charge in [-0.15, -0.1) is 0 Å². The molecule has 4 aliphatic rings. The summed E-state index contributed by atoms with van der Waals surface area (Å²) in [5.74, 6) is 2.24. The van der Waals surface area contributed by atoms with Crippen LogP contribution in [0.1, 0.15) is 68.7 Å². The molecule has 4 heteroatoms. The number of aliphatic hydroxyl groups is 1. The quantitative estimate of drug-likeness (QED) is 0.859. The number of cyclic esters (lactones) is 1. The van der Waals surface area contributed by atoms with Gasteiger partial charge in [0.1, 0.15) is 6.10 Å². The fraction of sp³-hybridized carbons (Fsp3) is 0.750. The summed E-state index contributed by atoms with van der Waals surface area (Å²) in [6.45, 7) is 3.05. The Bertz CT molecular complexity index is 600. The summed E-state index contributed by atoms with van der Waals surface area (Å²) in [7, 11) is 0. The van der Waals surface area contributed by atoms with Gasteiger partial charge in [-0.1, -0.05) is 12.8 Å². The van der Waals surface area contributed by atoms with E-state index in [4.69, 9.17) is 4.74 Å². The Morgan fingerprint density at radius 1 is 1.21 bits per heavy atom.